The van der Waals surface area contributed by atoms with E-state index in [0.29, 0.717) is 11.3 Å². The first-order valence-corrected chi connectivity index (χ1v) is 3.91. The van der Waals surface area contributed by atoms with E-state index in [1.807, 2.05) is 0 Å². The molecule has 13 heavy (non-hydrogen) atoms. The van der Waals surface area contributed by atoms with Gasteiger partial charge in [0.05, 0.1) is 12.1 Å². The second-order valence-electron chi connectivity index (χ2n) is 2.79. The monoisotopic (exact) mass is 176 g/mol. The molecule has 4 heteroatoms. The van der Waals surface area contributed by atoms with Gasteiger partial charge in [-0.1, -0.05) is 12.1 Å². The van der Waals surface area contributed by atoms with E-state index in [4.69, 9.17) is 0 Å². The quantitative estimate of drug-likeness (QED) is 0.658. The van der Waals surface area contributed by atoms with Crippen molar-refractivity contribution in [1.82, 2.24) is 5.43 Å². The third-order valence-corrected chi connectivity index (χ3v) is 1.86. The minimum absolute atomic E-state index is 0.141. The summed E-state index contributed by atoms with van der Waals surface area (Å²) < 4.78 is 0. The van der Waals surface area contributed by atoms with Crippen molar-refractivity contribution in [1.29, 1.82) is 0 Å². The summed E-state index contributed by atoms with van der Waals surface area (Å²) in [6.45, 7) is 0. The largest absolute Gasteiger partial charge is 0.507 e. The topological polar surface area (TPSA) is 61.7 Å². The van der Waals surface area contributed by atoms with Crippen LogP contribution in [0.5, 0.6) is 5.75 Å². The van der Waals surface area contributed by atoms with Gasteiger partial charge in [0.25, 0.3) is 0 Å². The van der Waals surface area contributed by atoms with Crippen LogP contribution in [0.3, 0.4) is 0 Å². The molecule has 1 amide bonds. The van der Waals surface area contributed by atoms with Gasteiger partial charge < -0.3 is 5.11 Å². The Bertz CT molecular complexity index is 385. The summed E-state index contributed by atoms with van der Waals surface area (Å²) in [4.78, 5) is 10.8. The maximum absolute atomic E-state index is 10.8. The Morgan fingerprint density at radius 2 is 2.15 bits per heavy atom. The van der Waals surface area contributed by atoms with Gasteiger partial charge in [0.2, 0.25) is 5.91 Å². The first-order chi connectivity index (χ1) is 6.27. The second-order valence-corrected chi connectivity index (χ2v) is 2.79. The van der Waals surface area contributed by atoms with Gasteiger partial charge in [-0.25, -0.2) is 5.43 Å². The SMILES string of the molecule is O=C1CC(c2ccccc2O)=NN1. The average Bonchev–Trinajstić information content (AvgIpc) is 2.53. The molecule has 0 unspecified atom stereocenters. The highest BCUT2D eigenvalue weighted by Crippen LogP contribution is 2.19. The predicted octanol–water partition coefficient (Wildman–Crippen LogP) is 0.616. The fraction of sp³-hybridized carbons (Fsp3) is 0.111. The molecule has 0 saturated heterocycles. The van der Waals surface area contributed by atoms with Crippen molar-refractivity contribution < 1.29 is 9.90 Å². The Kier molecular flexibility index (Phi) is 1.73. The van der Waals surface area contributed by atoms with Crippen LogP contribution < -0.4 is 5.43 Å². The van der Waals surface area contributed by atoms with Crippen LogP contribution >= 0.6 is 0 Å². The molecule has 0 aromatic heterocycles. The summed E-state index contributed by atoms with van der Waals surface area (Å²) in [7, 11) is 0. The maximum atomic E-state index is 10.8. The number of benzene rings is 1. The zero-order valence-electron chi connectivity index (χ0n) is 6.82. The van der Waals surface area contributed by atoms with Crippen LogP contribution in [0.4, 0.5) is 0 Å². The Balaban J connectivity index is 2.37. The molecule has 0 atom stereocenters. The molecular weight excluding hydrogens is 168 g/mol. The maximum Gasteiger partial charge on any atom is 0.246 e. The molecule has 0 radical (unpaired) electrons. The smallest absolute Gasteiger partial charge is 0.246 e. The van der Waals surface area contributed by atoms with Crippen molar-refractivity contribution in [2.45, 2.75) is 6.42 Å². The van der Waals surface area contributed by atoms with Gasteiger partial charge in [0.1, 0.15) is 5.75 Å². The minimum Gasteiger partial charge on any atom is -0.507 e. The van der Waals surface area contributed by atoms with Gasteiger partial charge in [-0.15, -0.1) is 0 Å². The Hall–Kier alpha value is -1.84. The number of phenolic OH excluding ortho intramolecular Hbond substituents is 1. The Morgan fingerprint density at radius 1 is 1.38 bits per heavy atom. The molecular formula is C9H8N2O2. The summed E-state index contributed by atoms with van der Waals surface area (Å²) in [6.07, 6.45) is 0.234. The van der Waals surface area contributed by atoms with Crippen LogP contribution in [-0.4, -0.2) is 16.7 Å². The van der Waals surface area contributed by atoms with Crippen molar-refractivity contribution >= 4 is 11.6 Å². The molecule has 2 rings (SSSR count). The fourth-order valence-corrected chi connectivity index (χ4v) is 1.23. The van der Waals surface area contributed by atoms with Crippen LogP contribution in [0.25, 0.3) is 0 Å². The van der Waals surface area contributed by atoms with Crippen LogP contribution in [-0.2, 0) is 4.79 Å². The lowest BCUT2D eigenvalue weighted by atomic mass is 10.1. The number of carbonyl (C=O) groups is 1. The average molecular weight is 176 g/mol. The van der Waals surface area contributed by atoms with E-state index >= 15 is 0 Å². The molecule has 1 aliphatic rings. The molecule has 0 aliphatic carbocycles. The van der Waals surface area contributed by atoms with Crippen molar-refractivity contribution in [3.63, 3.8) is 0 Å². The van der Waals surface area contributed by atoms with E-state index < -0.39 is 0 Å². The highest BCUT2D eigenvalue weighted by Gasteiger charge is 2.17. The lowest BCUT2D eigenvalue weighted by Gasteiger charge is -2.00. The van der Waals surface area contributed by atoms with E-state index in [1.165, 1.54) is 0 Å². The molecule has 1 aliphatic heterocycles. The lowest BCUT2D eigenvalue weighted by molar-refractivity contribution is -0.119. The summed E-state index contributed by atoms with van der Waals surface area (Å²) in [5.41, 5.74) is 3.53. The summed E-state index contributed by atoms with van der Waals surface area (Å²) in [5, 5.41) is 13.2. The van der Waals surface area contributed by atoms with E-state index in [0.717, 1.165) is 0 Å². The summed E-state index contributed by atoms with van der Waals surface area (Å²) in [6, 6.07) is 6.82. The number of rotatable bonds is 1. The molecule has 0 bridgehead atoms. The highest BCUT2D eigenvalue weighted by molar-refractivity contribution is 6.14. The molecule has 2 N–H and O–H groups in total. The van der Waals surface area contributed by atoms with Crippen LogP contribution in [0.15, 0.2) is 29.4 Å². The molecule has 66 valence electrons. The third-order valence-electron chi connectivity index (χ3n) is 1.86. The third kappa shape index (κ3) is 1.38. The molecule has 1 aromatic carbocycles. The molecule has 0 fully saturated rings. The van der Waals surface area contributed by atoms with Gasteiger partial charge in [-0.2, -0.15) is 5.10 Å². The molecule has 0 saturated carbocycles. The number of para-hydroxylation sites is 1. The molecule has 0 spiro atoms. The zero-order chi connectivity index (χ0) is 9.26. The second kappa shape index (κ2) is 2.90. The zero-order valence-corrected chi connectivity index (χ0v) is 6.82. The molecule has 4 nitrogen and oxygen atoms in total. The van der Waals surface area contributed by atoms with Crippen molar-refractivity contribution in [2.75, 3.05) is 0 Å². The Morgan fingerprint density at radius 3 is 2.77 bits per heavy atom. The van der Waals surface area contributed by atoms with Gasteiger partial charge in [-0.3, -0.25) is 4.79 Å². The van der Waals surface area contributed by atoms with E-state index in [9.17, 15) is 9.90 Å². The van der Waals surface area contributed by atoms with Crippen LogP contribution in [0, 0.1) is 0 Å². The normalized spacial score (nSPS) is 15.4. The van der Waals surface area contributed by atoms with Crippen molar-refractivity contribution in [3.05, 3.63) is 29.8 Å². The number of amides is 1. The number of phenols is 1. The van der Waals surface area contributed by atoms with Crippen LogP contribution in [0.2, 0.25) is 0 Å². The predicted molar refractivity (Wildman–Crippen MR) is 47.4 cm³/mol. The van der Waals surface area contributed by atoms with E-state index in [-0.39, 0.29) is 18.1 Å². The van der Waals surface area contributed by atoms with Gasteiger partial charge in [0.15, 0.2) is 0 Å². The van der Waals surface area contributed by atoms with E-state index in [1.54, 1.807) is 24.3 Å². The molecule has 1 heterocycles. The first-order valence-electron chi connectivity index (χ1n) is 3.91. The van der Waals surface area contributed by atoms with Crippen molar-refractivity contribution in [3.8, 4) is 5.75 Å². The minimum atomic E-state index is -0.141. The lowest BCUT2D eigenvalue weighted by Crippen LogP contribution is -2.09. The number of aromatic hydroxyl groups is 1. The number of carbonyl (C=O) groups excluding carboxylic acids is 1. The molecule has 1 aromatic rings. The first kappa shape index (κ1) is 7.79. The van der Waals surface area contributed by atoms with Gasteiger partial charge >= 0.3 is 0 Å². The number of hydrogen-bond acceptors (Lipinski definition) is 3. The fourth-order valence-electron chi connectivity index (χ4n) is 1.23. The van der Waals surface area contributed by atoms with Gasteiger partial charge in [-0.05, 0) is 12.1 Å². The highest BCUT2D eigenvalue weighted by atomic mass is 16.3. The number of nitrogens with zero attached hydrogens (tertiary/aromatic N) is 1. The number of nitrogens with one attached hydrogen (secondary N) is 1. The van der Waals surface area contributed by atoms with E-state index in [2.05, 4.69) is 10.5 Å². The summed E-state index contributed by atoms with van der Waals surface area (Å²) >= 11 is 0. The number of hydrogen-bond donors (Lipinski definition) is 2. The Labute approximate surface area is 74.9 Å². The van der Waals surface area contributed by atoms with Crippen molar-refractivity contribution in [2.24, 2.45) is 5.10 Å². The standard InChI is InChI=1S/C9H8N2O2/c12-8-4-2-1-3-6(8)7-5-9(13)11-10-7/h1-4,12H,5H2,(H,11,13). The number of hydrazone groups is 1. The van der Waals surface area contributed by atoms with Crippen LogP contribution in [0.1, 0.15) is 12.0 Å². The summed E-state index contributed by atoms with van der Waals surface area (Å²) in [5.74, 6) is 0.0102. The van der Waals surface area contributed by atoms with Gasteiger partial charge in [0, 0.05) is 5.56 Å².